The first-order chi connectivity index (χ1) is 25.2. The van der Waals surface area contributed by atoms with Crippen LogP contribution in [0, 0.1) is 0 Å². The molecule has 282 valence electrons. The molecule has 0 unspecified atom stereocenters. The van der Waals surface area contributed by atoms with Crippen LogP contribution in [0.1, 0.15) is 56.2 Å². The molecule has 4 amide bonds. The second kappa shape index (κ2) is 19.1. The van der Waals surface area contributed by atoms with Gasteiger partial charge in [-0.05, 0) is 73.2 Å². The van der Waals surface area contributed by atoms with Crippen LogP contribution < -0.4 is 16.0 Å². The molecule has 4 rings (SSSR count). The highest BCUT2D eigenvalue weighted by molar-refractivity contribution is 6.34. The van der Waals surface area contributed by atoms with Gasteiger partial charge in [-0.3, -0.25) is 9.59 Å². The van der Waals surface area contributed by atoms with E-state index in [-0.39, 0.29) is 63.9 Å². The molecule has 3 N–H and O–H groups in total. The third kappa shape index (κ3) is 12.5. The number of halogens is 2. The number of benzene rings is 3. The molecular weight excluding hydrogens is 723 g/mol. The monoisotopic (exact) mass is 766 g/mol. The Labute approximate surface area is 319 Å². The van der Waals surface area contributed by atoms with Gasteiger partial charge in [0.1, 0.15) is 24.9 Å². The minimum atomic E-state index is -1.20. The predicted octanol–water partition coefficient (Wildman–Crippen LogP) is 7.02. The second-order valence-corrected chi connectivity index (χ2v) is 14.2. The van der Waals surface area contributed by atoms with Crippen LogP contribution in [0.5, 0.6) is 0 Å². The average molecular weight is 768 g/mol. The number of ketones is 1. The molecule has 0 spiro atoms. The maximum atomic E-state index is 14.3. The van der Waals surface area contributed by atoms with Gasteiger partial charge in [0, 0.05) is 42.0 Å². The summed E-state index contributed by atoms with van der Waals surface area (Å²) in [5.41, 5.74) is 3.99. The number of nitrogens with zero attached hydrogens (tertiary/aromatic N) is 1. The van der Waals surface area contributed by atoms with E-state index in [0.717, 1.165) is 22.3 Å². The van der Waals surface area contributed by atoms with Crippen molar-refractivity contribution in [1.82, 2.24) is 20.9 Å². The number of fused-ring (bicyclic) bond motifs is 3. The van der Waals surface area contributed by atoms with E-state index in [1.807, 2.05) is 48.5 Å². The zero-order valence-electron chi connectivity index (χ0n) is 29.9. The van der Waals surface area contributed by atoms with Gasteiger partial charge in [-0.2, -0.15) is 0 Å². The van der Waals surface area contributed by atoms with Gasteiger partial charge in [0.15, 0.2) is 5.78 Å². The zero-order chi connectivity index (χ0) is 38.5. The van der Waals surface area contributed by atoms with Crippen molar-refractivity contribution in [2.75, 3.05) is 32.8 Å². The van der Waals surface area contributed by atoms with Crippen LogP contribution >= 0.6 is 23.2 Å². The van der Waals surface area contributed by atoms with E-state index in [2.05, 4.69) is 22.5 Å². The Morgan fingerprint density at radius 3 is 2.09 bits per heavy atom. The standard InChI is InChI=1S/C39H44Cl2N4O8/c1-5-18-51-36(48)43-22-28(46)15-17-45(23-25-19-26(40)21-27(41)20-25)35(47)34(14-16-42-37(49)53-39(2,3)4)44-38(50)52-24-33-31-12-8-6-10-29(31)30-11-7-9-13-32(30)33/h5-13,19-21,33-34H,1,14-18,22-24H2,2-4H3,(H,42,49)(H,43,48)(H,44,50)/t34-/m0/s1. The van der Waals surface area contributed by atoms with E-state index in [4.69, 9.17) is 37.4 Å². The van der Waals surface area contributed by atoms with E-state index in [1.165, 1.54) is 11.0 Å². The average Bonchev–Trinajstić information content (AvgIpc) is 3.42. The maximum Gasteiger partial charge on any atom is 0.407 e. The number of amides is 4. The molecule has 1 atom stereocenters. The van der Waals surface area contributed by atoms with Gasteiger partial charge in [-0.25, -0.2) is 14.4 Å². The van der Waals surface area contributed by atoms with Gasteiger partial charge < -0.3 is 35.1 Å². The van der Waals surface area contributed by atoms with E-state index >= 15 is 0 Å². The van der Waals surface area contributed by atoms with Crippen molar-refractivity contribution in [1.29, 1.82) is 0 Å². The number of nitrogens with one attached hydrogen (secondary N) is 3. The summed E-state index contributed by atoms with van der Waals surface area (Å²) in [6.45, 7) is 8.14. The van der Waals surface area contributed by atoms with Crippen LogP contribution in [0.15, 0.2) is 79.4 Å². The minimum absolute atomic E-state index is 0.0123. The molecule has 53 heavy (non-hydrogen) atoms. The Balaban J connectivity index is 1.51. The van der Waals surface area contributed by atoms with Crippen LogP contribution in [0.25, 0.3) is 11.1 Å². The topological polar surface area (TPSA) is 152 Å². The molecule has 12 nitrogen and oxygen atoms in total. The number of ether oxygens (including phenoxy) is 3. The Morgan fingerprint density at radius 2 is 1.49 bits per heavy atom. The summed E-state index contributed by atoms with van der Waals surface area (Å²) in [4.78, 5) is 66.1. The highest BCUT2D eigenvalue weighted by Gasteiger charge is 2.31. The van der Waals surface area contributed by atoms with Crippen molar-refractivity contribution in [3.8, 4) is 11.1 Å². The highest BCUT2D eigenvalue weighted by atomic mass is 35.5. The number of hydrogen-bond donors (Lipinski definition) is 3. The third-order valence-corrected chi connectivity index (χ3v) is 8.50. The Bertz CT molecular complexity index is 1750. The van der Waals surface area contributed by atoms with Crippen molar-refractivity contribution >= 4 is 53.2 Å². The van der Waals surface area contributed by atoms with Gasteiger partial charge in [0.2, 0.25) is 5.91 Å². The smallest absolute Gasteiger partial charge is 0.407 e. The van der Waals surface area contributed by atoms with E-state index in [0.29, 0.717) is 15.6 Å². The highest BCUT2D eigenvalue weighted by Crippen LogP contribution is 2.44. The Hall–Kier alpha value is -5.07. The fourth-order valence-electron chi connectivity index (χ4n) is 5.79. The fourth-order valence-corrected chi connectivity index (χ4v) is 6.36. The van der Waals surface area contributed by atoms with E-state index in [1.54, 1.807) is 39.0 Å². The zero-order valence-corrected chi connectivity index (χ0v) is 31.4. The lowest BCUT2D eigenvalue weighted by atomic mass is 9.98. The first-order valence-corrected chi connectivity index (χ1v) is 17.8. The molecule has 1 aliphatic carbocycles. The summed E-state index contributed by atoms with van der Waals surface area (Å²) in [5, 5.41) is 8.35. The Morgan fingerprint density at radius 1 is 0.868 bits per heavy atom. The molecule has 0 aliphatic heterocycles. The lowest BCUT2D eigenvalue weighted by molar-refractivity contribution is -0.134. The SMILES string of the molecule is C=CCOC(=O)NCC(=O)CCN(Cc1cc(Cl)cc(Cl)c1)C(=O)[C@H](CCNC(=O)OC(C)(C)C)NC(=O)OCC1c2ccccc2-c2ccccc21. The number of alkyl carbamates (subject to hydrolysis) is 3. The van der Waals surface area contributed by atoms with Crippen LogP contribution in [-0.2, 0) is 30.3 Å². The molecule has 3 aromatic carbocycles. The van der Waals surface area contributed by atoms with Crippen molar-refractivity contribution in [3.63, 3.8) is 0 Å². The van der Waals surface area contributed by atoms with Crippen LogP contribution in [-0.4, -0.2) is 79.4 Å². The van der Waals surface area contributed by atoms with Gasteiger partial charge >= 0.3 is 18.3 Å². The predicted molar refractivity (Wildman–Crippen MR) is 202 cm³/mol. The third-order valence-electron chi connectivity index (χ3n) is 8.07. The van der Waals surface area contributed by atoms with E-state index < -0.39 is 35.8 Å². The molecule has 3 aromatic rings. The number of carbonyl (C=O) groups excluding carboxylic acids is 5. The Kier molecular flexibility index (Phi) is 14.7. The summed E-state index contributed by atoms with van der Waals surface area (Å²) in [5.74, 6) is -1.16. The lowest BCUT2D eigenvalue weighted by Crippen LogP contribution is -2.50. The van der Waals surface area contributed by atoms with Gasteiger partial charge in [-0.15, -0.1) is 0 Å². The summed E-state index contributed by atoms with van der Waals surface area (Å²) < 4.78 is 15.9. The van der Waals surface area contributed by atoms with Crippen LogP contribution in [0.4, 0.5) is 14.4 Å². The van der Waals surface area contributed by atoms with Crippen molar-refractivity contribution in [3.05, 3.63) is 106 Å². The summed E-state index contributed by atoms with van der Waals surface area (Å²) >= 11 is 12.5. The largest absolute Gasteiger partial charge is 0.449 e. The second-order valence-electron chi connectivity index (χ2n) is 13.3. The summed E-state index contributed by atoms with van der Waals surface area (Å²) in [6, 6.07) is 19.4. The summed E-state index contributed by atoms with van der Waals surface area (Å²) in [7, 11) is 0. The number of carbonyl (C=O) groups is 5. The van der Waals surface area contributed by atoms with Crippen molar-refractivity contribution in [2.24, 2.45) is 0 Å². The molecule has 0 fully saturated rings. The van der Waals surface area contributed by atoms with E-state index in [9.17, 15) is 24.0 Å². The van der Waals surface area contributed by atoms with Crippen molar-refractivity contribution < 1.29 is 38.2 Å². The molecule has 1 aliphatic rings. The fraction of sp³-hybridized carbons (Fsp3) is 0.359. The lowest BCUT2D eigenvalue weighted by Gasteiger charge is -2.28. The normalized spacial score (nSPS) is 12.4. The van der Waals surface area contributed by atoms with Gasteiger partial charge in [0.25, 0.3) is 0 Å². The van der Waals surface area contributed by atoms with Crippen molar-refractivity contribution in [2.45, 2.75) is 57.7 Å². The first kappa shape index (κ1) is 40.7. The number of hydrogen-bond acceptors (Lipinski definition) is 8. The number of Topliss-reactive ketones (excluding diaryl/α,β-unsaturated/α-hetero) is 1. The molecule has 0 aromatic heterocycles. The molecule has 0 saturated heterocycles. The molecule has 0 saturated carbocycles. The quantitative estimate of drug-likeness (QED) is 0.104. The van der Waals surface area contributed by atoms with Crippen LogP contribution in [0.2, 0.25) is 10.0 Å². The van der Waals surface area contributed by atoms with Gasteiger partial charge in [-0.1, -0.05) is 84.4 Å². The minimum Gasteiger partial charge on any atom is -0.449 e. The molecule has 0 heterocycles. The molecule has 0 bridgehead atoms. The van der Waals surface area contributed by atoms with Crippen LogP contribution in [0.3, 0.4) is 0 Å². The summed E-state index contributed by atoms with van der Waals surface area (Å²) in [6.07, 6.45) is -1.12. The first-order valence-electron chi connectivity index (χ1n) is 17.1. The van der Waals surface area contributed by atoms with Gasteiger partial charge in [0.05, 0.1) is 6.54 Å². The molecule has 14 heteroatoms. The molecule has 0 radical (unpaired) electrons. The molecular formula is C39H44Cl2N4O8. The maximum absolute atomic E-state index is 14.3. The number of rotatable bonds is 16.